The van der Waals surface area contributed by atoms with Gasteiger partial charge in [0, 0.05) is 36.9 Å². The van der Waals surface area contributed by atoms with Crippen LogP contribution in [0.25, 0.3) is 10.4 Å². The van der Waals surface area contributed by atoms with Crippen LogP contribution < -0.4 is 0 Å². The molecule has 2 aromatic carbocycles. The minimum absolute atomic E-state index is 0.229. The number of carbonyl (C=O) groups is 3. The fourth-order valence-corrected chi connectivity index (χ4v) is 6.06. The molecule has 1 saturated heterocycles. The maximum Gasteiger partial charge on any atom is 0.305 e. The van der Waals surface area contributed by atoms with Crippen molar-refractivity contribution in [2.45, 2.75) is 64.0 Å². The molecular formula is C29H27F3O7S2. The maximum atomic E-state index is 13.8. The Morgan fingerprint density at radius 3 is 2.10 bits per heavy atom. The second kappa shape index (κ2) is 12.7. The van der Waals surface area contributed by atoms with Crippen molar-refractivity contribution in [2.75, 3.05) is 0 Å². The van der Waals surface area contributed by atoms with Crippen molar-refractivity contribution < 1.29 is 46.5 Å². The Morgan fingerprint density at radius 1 is 0.878 bits per heavy atom. The maximum absolute atomic E-state index is 13.8. The standard InChI is InChI=1S/C29H27F3O7S2/c1-13-5-6-17(9-18(13)10-20-7-8-23(41-20)19-11-21(30)24(32)22(31)12-19)25-28(40)26(36-14(2)33)27(37-15(3)34)29(39-25)38-16(4)35/h5-9,11-12,25-29,40H,10H2,1-4H3/t25?,26-,27-,28-,29-/m0/s1. The molecule has 1 aliphatic heterocycles. The van der Waals surface area contributed by atoms with E-state index in [4.69, 9.17) is 18.9 Å². The third-order valence-electron chi connectivity index (χ3n) is 6.40. The topological polar surface area (TPSA) is 88.1 Å². The van der Waals surface area contributed by atoms with E-state index in [-0.39, 0.29) is 5.56 Å². The van der Waals surface area contributed by atoms with Crippen LogP contribution in [0.1, 0.15) is 48.4 Å². The molecule has 0 amide bonds. The van der Waals surface area contributed by atoms with Crippen molar-refractivity contribution in [3.05, 3.63) is 81.5 Å². The van der Waals surface area contributed by atoms with Gasteiger partial charge in [-0.1, -0.05) is 18.2 Å². The van der Waals surface area contributed by atoms with Gasteiger partial charge in [0.25, 0.3) is 0 Å². The Hall–Kier alpha value is -3.35. The Kier molecular flexibility index (Phi) is 9.45. The van der Waals surface area contributed by atoms with Gasteiger partial charge in [-0.15, -0.1) is 11.3 Å². The molecule has 218 valence electrons. The van der Waals surface area contributed by atoms with Crippen LogP contribution in [0, 0.1) is 24.4 Å². The lowest BCUT2D eigenvalue weighted by Crippen LogP contribution is -2.56. The molecule has 3 aromatic rings. The lowest BCUT2D eigenvalue weighted by Gasteiger charge is -2.43. The minimum atomic E-state index is -1.52. The molecule has 12 heteroatoms. The van der Waals surface area contributed by atoms with Gasteiger partial charge in [0.2, 0.25) is 12.4 Å². The first kappa shape index (κ1) is 30.6. The summed E-state index contributed by atoms with van der Waals surface area (Å²) in [7, 11) is 0. The van der Waals surface area contributed by atoms with Gasteiger partial charge in [-0.3, -0.25) is 14.4 Å². The van der Waals surface area contributed by atoms with Crippen LogP contribution in [0.2, 0.25) is 0 Å². The Morgan fingerprint density at radius 2 is 1.49 bits per heavy atom. The first-order chi connectivity index (χ1) is 19.3. The highest BCUT2D eigenvalue weighted by molar-refractivity contribution is 7.81. The number of carbonyl (C=O) groups excluding carboxylic acids is 3. The first-order valence-corrected chi connectivity index (χ1v) is 13.9. The molecule has 4 rings (SSSR count). The van der Waals surface area contributed by atoms with Crippen molar-refractivity contribution in [3.8, 4) is 10.4 Å². The van der Waals surface area contributed by atoms with Gasteiger partial charge < -0.3 is 18.9 Å². The molecule has 0 spiro atoms. The van der Waals surface area contributed by atoms with Crippen molar-refractivity contribution in [1.82, 2.24) is 0 Å². The number of thiol groups is 1. The lowest BCUT2D eigenvalue weighted by atomic mass is 9.92. The van der Waals surface area contributed by atoms with Crippen LogP contribution in [-0.2, 0) is 39.8 Å². The molecule has 5 atom stereocenters. The van der Waals surface area contributed by atoms with E-state index >= 15 is 0 Å². The number of ether oxygens (including phenoxy) is 4. The van der Waals surface area contributed by atoms with Crippen LogP contribution in [0.15, 0.2) is 42.5 Å². The summed E-state index contributed by atoms with van der Waals surface area (Å²) in [6.45, 7) is 5.45. The number of rotatable bonds is 7. The lowest BCUT2D eigenvalue weighted by molar-refractivity contribution is -0.266. The summed E-state index contributed by atoms with van der Waals surface area (Å²) in [5, 5.41) is -0.803. The van der Waals surface area contributed by atoms with Gasteiger partial charge in [0.05, 0.1) is 5.25 Å². The number of thiophene rings is 1. The molecule has 1 fully saturated rings. The average Bonchev–Trinajstić information content (AvgIpc) is 3.35. The number of benzene rings is 2. The van der Waals surface area contributed by atoms with Crippen LogP contribution in [0.4, 0.5) is 13.2 Å². The summed E-state index contributed by atoms with van der Waals surface area (Å²) < 4.78 is 63.1. The third kappa shape index (κ3) is 7.11. The van der Waals surface area contributed by atoms with Crippen LogP contribution in [-0.4, -0.2) is 41.7 Å². The smallest absolute Gasteiger partial charge is 0.305 e. The molecule has 0 N–H and O–H groups in total. The van der Waals surface area contributed by atoms with Crippen molar-refractivity contribution >= 4 is 41.9 Å². The van der Waals surface area contributed by atoms with Gasteiger partial charge in [0.15, 0.2) is 23.6 Å². The largest absolute Gasteiger partial charge is 0.457 e. The molecule has 7 nitrogen and oxygen atoms in total. The average molecular weight is 609 g/mol. The Labute approximate surface area is 244 Å². The number of aryl methyl sites for hydroxylation is 1. The first-order valence-electron chi connectivity index (χ1n) is 12.5. The number of halogens is 3. The Bertz CT molecular complexity index is 1450. The Balaban J connectivity index is 1.64. The van der Waals surface area contributed by atoms with E-state index in [1.165, 1.54) is 32.1 Å². The molecule has 0 saturated carbocycles. The number of hydrogen-bond donors (Lipinski definition) is 1. The van der Waals surface area contributed by atoms with E-state index < -0.39 is 65.2 Å². The minimum Gasteiger partial charge on any atom is -0.457 e. The predicted molar refractivity (Wildman–Crippen MR) is 147 cm³/mol. The van der Waals surface area contributed by atoms with E-state index in [0.29, 0.717) is 16.9 Å². The zero-order valence-corrected chi connectivity index (χ0v) is 24.2. The zero-order valence-electron chi connectivity index (χ0n) is 22.5. The second-order valence-electron chi connectivity index (χ2n) is 9.56. The summed E-state index contributed by atoms with van der Waals surface area (Å²) in [6.07, 6.45) is -4.08. The molecule has 0 bridgehead atoms. The van der Waals surface area contributed by atoms with Crippen molar-refractivity contribution in [3.63, 3.8) is 0 Å². The van der Waals surface area contributed by atoms with Gasteiger partial charge in [-0.05, 0) is 53.4 Å². The van der Waals surface area contributed by atoms with Crippen molar-refractivity contribution in [2.24, 2.45) is 0 Å². The molecule has 1 aromatic heterocycles. The molecule has 2 heterocycles. The molecule has 1 unspecified atom stereocenters. The van der Waals surface area contributed by atoms with E-state index in [2.05, 4.69) is 12.6 Å². The quantitative estimate of drug-likeness (QED) is 0.156. The summed E-state index contributed by atoms with van der Waals surface area (Å²) in [6, 6.07) is 11.0. The number of hydrogen-bond acceptors (Lipinski definition) is 9. The zero-order chi connectivity index (χ0) is 30.0. The molecule has 41 heavy (non-hydrogen) atoms. The summed E-state index contributed by atoms with van der Waals surface area (Å²) in [4.78, 5) is 37.0. The van der Waals surface area contributed by atoms with Gasteiger partial charge in [-0.2, -0.15) is 12.6 Å². The fourth-order valence-electron chi connectivity index (χ4n) is 4.57. The molecule has 0 aliphatic carbocycles. The highest BCUT2D eigenvalue weighted by atomic mass is 32.1. The molecule has 0 radical (unpaired) electrons. The third-order valence-corrected chi connectivity index (χ3v) is 8.10. The van der Waals surface area contributed by atoms with Crippen LogP contribution in [0.3, 0.4) is 0 Å². The second-order valence-corrected chi connectivity index (χ2v) is 11.3. The monoisotopic (exact) mass is 608 g/mol. The highest BCUT2D eigenvalue weighted by Gasteiger charge is 2.50. The van der Waals surface area contributed by atoms with Gasteiger partial charge in [0.1, 0.15) is 6.10 Å². The van der Waals surface area contributed by atoms with Crippen molar-refractivity contribution in [1.29, 1.82) is 0 Å². The summed E-state index contributed by atoms with van der Waals surface area (Å²) >= 11 is 5.97. The fraction of sp³-hybridized carbons (Fsp3) is 0.345. The number of esters is 3. The van der Waals surface area contributed by atoms with E-state index in [0.717, 1.165) is 28.1 Å². The molecular weight excluding hydrogens is 581 g/mol. The van der Waals surface area contributed by atoms with Gasteiger partial charge >= 0.3 is 17.9 Å². The SMILES string of the molecule is CC(=O)O[C@H]1OC(c2ccc(C)c(Cc3ccc(-c4cc(F)c(F)c(F)c4)s3)c2)[C@H](S)[C@@H](OC(C)=O)[C@@H]1OC(C)=O. The molecule has 1 aliphatic rings. The van der Waals surface area contributed by atoms with E-state index in [9.17, 15) is 27.6 Å². The van der Waals surface area contributed by atoms with Gasteiger partial charge in [-0.25, -0.2) is 13.2 Å². The summed E-state index contributed by atoms with van der Waals surface area (Å²) in [5.41, 5.74) is 2.71. The van der Waals surface area contributed by atoms with Crippen LogP contribution in [0.5, 0.6) is 0 Å². The van der Waals surface area contributed by atoms with E-state index in [1.807, 2.05) is 25.1 Å². The van der Waals surface area contributed by atoms with Crippen LogP contribution >= 0.6 is 24.0 Å². The normalized spacial score (nSPS) is 22.2. The summed E-state index contributed by atoms with van der Waals surface area (Å²) in [5.74, 6) is -6.07. The predicted octanol–water partition coefficient (Wildman–Crippen LogP) is 5.85. The van der Waals surface area contributed by atoms with E-state index in [1.54, 1.807) is 12.1 Å². The highest BCUT2D eigenvalue weighted by Crippen LogP contribution is 2.40.